The van der Waals surface area contributed by atoms with Crippen molar-refractivity contribution < 1.29 is 4.39 Å². The molecule has 0 saturated carbocycles. The summed E-state index contributed by atoms with van der Waals surface area (Å²) in [4.78, 5) is 0. The molecule has 2 aromatic carbocycles. The Balaban J connectivity index is 2.32. The van der Waals surface area contributed by atoms with Gasteiger partial charge in [0, 0.05) is 5.54 Å². The van der Waals surface area contributed by atoms with Gasteiger partial charge in [-0.15, -0.1) is 0 Å². The van der Waals surface area contributed by atoms with Crippen molar-refractivity contribution in [2.75, 3.05) is 0 Å². The van der Waals surface area contributed by atoms with Gasteiger partial charge in [0.25, 0.3) is 0 Å². The van der Waals surface area contributed by atoms with E-state index in [4.69, 9.17) is 5.73 Å². The lowest BCUT2D eigenvalue weighted by molar-refractivity contribution is 0.475. The second-order valence-electron chi connectivity index (χ2n) is 5.48. The highest BCUT2D eigenvalue weighted by molar-refractivity contribution is 5.35. The zero-order chi connectivity index (χ0) is 14.0. The summed E-state index contributed by atoms with van der Waals surface area (Å²) in [6, 6.07) is 13.0. The highest BCUT2D eigenvalue weighted by atomic mass is 19.1. The Morgan fingerprint density at radius 3 is 2.37 bits per heavy atom. The zero-order valence-electron chi connectivity index (χ0n) is 11.7. The number of benzene rings is 2. The van der Waals surface area contributed by atoms with Crippen LogP contribution in [0.5, 0.6) is 0 Å². The van der Waals surface area contributed by atoms with E-state index in [1.165, 1.54) is 17.2 Å². The molecule has 0 spiro atoms. The van der Waals surface area contributed by atoms with Gasteiger partial charge in [-0.3, -0.25) is 0 Å². The third-order valence-corrected chi connectivity index (χ3v) is 3.68. The van der Waals surface area contributed by atoms with Crippen molar-refractivity contribution in [1.29, 1.82) is 0 Å². The molecule has 2 heteroatoms. The summed E-state index contributed by atoms with van der Waals surface area (Å²) in [6.45, 7) is 6.09. The molecule has 0 heterocycles. The van der Waals surface area contributed by atoms with Crippen molar-refractivity contribution >= 4 is 0 Å². The van der Waals surface area contributed by atoms with Crippen LogP contribution in [-0.2, 0) is 12.0 Å². The Bertz CT molecular complexity index is 588. The maximum absolute atomic E-state index is 13.7. The first kappa shape index (κ1) is 13.8. The fourth-order valence-electron chi connectivity index (χ4n) is 2.24. The molecule has 0 saturated heterocycles. The maximum Gasteiger partial charge on any atom is 0.126 e. The first-order valence-electron chi connectivity index (χ1n) is 6.50. The Kier molecular flexibility index (Phi) is 3.72. The first-order valence-corrected chi connectivity index (χ1v) is 6.50. The van der Waals surface area contributed by atoms with E-state index in [1.807, 2.05) is 19.1 Å². The van der Waals surface area contributed by atoms with Crippen LogP contribution in [0.4, 0.5) is 4.39 Å². The van der Waals surface area contributed by atoms with E-state index in [2.05, 4.69) is 26.0 Å². The molecule has 0 bridgehead atoms. The average molecular weight is 257 g/mol. The minimum Gasteiger partial charge on any atom is -0.321 e. The van der Waals surface area contributed by atoms with E-state index in [9.17, 15) is 4.39 Å². The predicted octanol–water partition coefficient (Wildman–Crippen LogP) is 3.86. The summed E-state index contributed by atoms with van der Waals surface area (Å²) in [6.07, 6.45) is 0.488. The van der Waals surface area contributed by atoms with Crippen molar-refractivity contribution in [2.45, 2.75) is 32.7 Å². The van der Waals surface area contributed by atoms with Crippen molar-refractivity contribution in [3.8, 4) is 0 Å². The van der Waals surface area contributed by atoms with E-state index in [-0.39, 0.29) is 5.82 Å². The summed E-state index contributed by atoms with van der Waals surface area (Å²) >= 11 is 0. The quantitative estimate of drug-likeness (QED) is 0.887. The zero-order valence-corrected chi connectivity index (χ0v) is 11.7. The topological polar surface area (TPSA) is 26.0 Å². The van der Waals surface area contributed by atoms with Gasteiger partial charge in [-0.2, -0.15) is 0 Å². The SMILES string of the molecule is Cc1ccc(C(C)(N)Cc2ccccc2F)cc1C. The van der Waals surface area contributed by atoms with Crippen molar-refractivity contribution in [1.82, 2.24) is 0 Å². The van der Waals surface area contributed by atoms with E-state index in [0.717, 1.165) is 5.56 Å². The van der Waals surface area contributed by atoms with Gasteiger partial charge in [0.2, 0.25) is 0 Å². The normalized spacial score (nSPS) is 14.2. The Morgan fingerprint density at radius 1 is 1.05 bits per heavy atom. The monoisotopic (exact) mass is 257 g/mol. The highest BCUT2D eigenvalue weighted by Crippen LogP contribution is 2.25. The van der Waals surface area contributed by atoms with Crippen LogP contribution in [0.2, 0.25) is 0 Å². The minimum atomic E-state index is -0.569. The molecule has 0 radical (unpaired) electrons. The van der Waals surface area contributed by atoms with E-state index < -0.39 is 5.54 Å². The lowest BCUT2D eigenvalue weighted by Gasteiger charge is -2.26. The molecule has 0 aromatic heterocycles. The standard InChI is InChI=1S/C17H20FN/c1-12-8-9-15(10-13(12)2)17(3,19)11-14-6-4-5-7-16(14)18/h4-10H,11,19H2,1-3H3. The molecule has 2 aromatic rings. The van der Waals surface area contributed by atoms with Gasteiger partial charge < -0.3 is 5.73 Å². The lowest BCUT2D eigenvalue weighted by atomic mass is 9.85. The Hall–Kier alpha value is -1.67. The first-order chi connectivity index (χ1) is 8.90. The number of rotatable bonds is 3. The second-order valence-corrected chi connectivity index (χ2v) is 5.48. The van der Waals surface area contributed by atoms with Crippen LogP contribution < -0.4 is 5.73 Å². The van der Waals surface area contributed by atoms with Gasteiger partial charge in [-0.1, -0.05) is 36.4 Å². The number of hydrogen-bond acceptors (Lipinski definition) is 1. The largest absolute Gasteiger partial charge is 0.321 e. The number of hydrogen-bond donors (Lipinski definition) is 1. The maximum atomic E-state index is 13.7. The van der Waals surface area contributed by atoms with E-state index in [0.29, 0.717) is 12.0 Å². The van der Waals surface area contributed by atoms with Crippen molar-refractivity contribution in [3.05, 3.63) is 70.5 Å². The Morgan fingerprint density at radius 2 is 1.74 bits per heavy atom. The molecule has 1 unspecified atom stereocenters. The lowest BCUT2D eigenvalue weighted by Crippen LogP contribution is -2.35. The molecule has 0 aliphatic carbocycles. The molecule has 2 N–H and O–H groups in total. The van der Waals surface area contributed by atoms with Gasteiger partial charge in [-0.25, -0.2) is 4.39 Å². The molecule has 1 nitrogen and oxygen atoms in total. The summed E-state index contributed by atoms with van der Waals surface area (Å²) in [5.41, 5.74) is 9.97. The summed E-state index contributed by atoms with van der Waals surface area (Å²) < 4.78 is 13.7. The third-order valence-electron chi connectivity index (χ3n) is 3.68. The van der Waals surface area contributed by atoms with Gasteiger partial charge in [0.05, 0.1) is 0 Å². The molecule has 1 atom stereocenters. The second kappa shape index (κ2) is 5.14. The fraction of sp³-hybridized carbons (Fsp3) is 0.294. The molecular formula is C17H20FN. The highest BCUT2D eigenvalue weighted by Gasteiger charge is 2.23. The predicted molar refractivity (Wildman–Crippen MR) is 77.6 cm³/mol. The summed E-state index contributed by atoms with van der Waals surface area (Å²) in [5.74, 6) is -0.192. The van der Waals surface area contributed by atoms with Crippen molar-refractivity contribution in [3.63, 3.8) is 0 Å². The summed E-state index contributed by atoms with van der Waals surface area (Å²) in [5, 5.41) is 0. The number of nitrogens with two attached hydrogens (primary N) is 1. The van der Waals surface area contributed by atoms with Crippen LogP contribution in [0.25, 0.3) is 0 Å². The van der Waals surface area contributed by atoms with Gasteiger partial charge in [0.15, 0.2) is 0 Å². The molecular weight excluding hydrogens is 237 g/mol. The van der Waals surface area contributed by atoms with Crippen molar-refractivity contribution in [2.24, 2.45) is 5.73 Å². The Labute approximate surface area is 114 Å². The van der Waals surface area contributed by atoms with Crippen LogP contribution in [0.3, 0.4) is 0 Å². The van der Waals surface area contributed by atoms with Crippen LogP contribution in [0, 0.1) is 19.7 Å². The third kappa shape index (κ3) is 3.02. The molecule has 0 aliphatic rings. The smallest absolute Gasteiger partial charge is 0.126 e. The van der Waals surface area contributed by atoms with E-state index in [1.54, 1.807) is 12.1 Å². The number of aryl methyl sites for hydroxylation is 2. The minimum absolute atomic E-state index is 0.192. The van der Waals surface area contributed by atoms with Crippen LogP contribution in [0.15, 0.2) is 42.5 Å². The fourth-order valence-corrected chi connectivity index (χ4v) is 2.24. The number of halogens is 1. The van der Waals surface area contributed by atoms with Crippen LogP contribution >= 0.6 is 0 Å². The molecule has 0 fully saturated rings. The van der Waals surface area contributed by atoms with E-state index >= 15 is 0 Å². The summed E-state index contributed by atoms with van der Waals surface area (Å²) in [7, 11) is 0. The van der Waals surface area contributed by atoms with Crippen LogP contribution in [-0.4, -0.2) is 0 Å². The van der Waals surface area contributed by atoms with Crippen LogP contribution in [0.1, 0.15) is 29.2 Å². The molecule has 19 heavy (non-hydrogen) atoms. The average Bonchev–Trinajstić information content (AvgIpc) is 2.35. The van der Waals surface area contributed by atoms with Gasteiger partial charge >= 0.3 is 0 Å². The van der Waals surface area contributed by atoms with Gasteiger partial charge in [-0.05, 0) is 55.5 Å². The molecule has 2 rings (SSSR count). The molecule has 100 valence electrons. The van der Waals surface area contributed by atoms with Gasteiger partial charge in [0.1, 0.15) is 5.82 Å². The molecule has 0 amide bonds. The molecule has 0 aliphatic heterocycles.